The summed E-state index contributed by atoms with van der Waals surface area (Å²) < 4.78 is 14.5. The fraction of sp³-hybridized carbons (Fsp3) is 0.857. The quantitative estimate of drug-likeness (QED) is 0.502. The molecule has 0 aliphatic rings. The maximum absolute atomic E-state index is 9.92. The summed E-state index contributed by atoms with van der Waals surface area (Å²) in [5.41, 5.74) is 0. The van der Waals surface area contributed by atoms with Crippen molar-refractivity contribution in [2.24, 2.45) is 0 Å². The van der Waals surface area contributed by atoms with Crippen molar-refractivity contribution in [3.63, 3.8) is 0 Å². The summed E-state index contributed by atoms with van der Waals surface area (Å²) in [6, 6.07) is 0. The monoisotopic (exact) mass is 162 g/mol. The first kappa shape index (κ1) is 10.4. The Balaban J connectivity index is 3.41. The van der Waals surface area contributed by atoms with Crippen LogP contribution in [0.1, 0.15) is 6.92 Å². The van der Waals surface area contributed by atoms with Gasteiger partial charge >= 0.3 is 0 Å². The Morgan fingerprint density at radius 3 is 2.64 bits per heavy atom. The Kier molecular flexibility index (Phi) is 7.08. The Hall–Kier alpha value is -0.610. The van der Waals surface area contributed by atoms with Gasteiger partial charge in [0.2, 0.25) is 0 Å². The third kappa shape index (κ3) is 5.82. The average molecular weight is 162 g/mol. The molecule has 66 valence electrons. The van der Waals surface area contributed by atoms with E-state index in [2.05, 4.69) is 4.74 Å². The third-order valence-corrected chi connectivity index (χ3v) is 1.11. The van der Waals surface area contributed by atoms with E-state index in [1.807, 2.05) is 6.92 Å². The topological polar surface area (TPSA) is 44.8 Å². The molecule has 0 aliphatic carbocycles. The van der Waals surface area contributed by atoms with Gasteiger partial charge in [-0.25, -0.2) is 0 Å². The van der Waals surface area contributed by atoms with E-state index in [9.17, 15) is 4.79 Å². The second kappa shape index (κ2) is 7.50. The predicted octanol–water partition coefficient (Wildman–Crippen LogP) is 0.211. The third-order valence-electron chi connectivity index (χ3n) is 1.11. The summed E-state index contributed by atoms with van der Waals surface area (Å²) >= 11 is 0. The number of rotatable bonds is 7. The minimum absolute atomic E-state index is 0.280. The van der Waals surface area contributed by atoms with Crippen LogP contribution in [0.5, 0.6) is 0 Å². The number of carbonyl (C=O) groups excluding carboxylic acids is 1. The van der Waals surface area contributed by atoms with Crippen LogP contribution in [-0.2, 0) is 19.0 Å². The van der Waals surface area contributed by atoms with Crippen LogP contribution in [-0.4, -0.2) is 39.5 Å². The molecule has 0 heterocycles. The number of hydrogen-bond acceptors (Lipinski definition) is 4. The van der Waals surface area contributed by atoms with E-state index < -0.39 is 0 Å². The summed E-state index contributed by atoms with van der Waals surface area (Å²) in [5.74, 6) is 0. The van der Waals surface area contributed by atoms with E-state index in [0.717, 1.165) is 0 Å². The lowest BCUT2D eigenvalue weighted by atomic mass is 10.4. The molecule has 4 heteroatoms. The molecule has 4 nitrogen and oxygen atoms in total. The standard InChI is InChI=1S/C7H14O4/c1-3-10-5-7(4-9-2)11-6-8/h6-7H,3-5H2,1-2H3. The van der Waals surface area contributed by atoms with Crippen LogP contribution < -0.4 is 0 Å². The molecule has 0 radical (unpaired) electrons. The lowest BCUT2D eigenvalue weighted by Gasteiger charge is -2.12. The summed E-state index contributed by atoms with van der Waals surface area (Å²) in [6.07, 6.45) is -0.280. The lowest BCUT2D eigenvalue weighted by molar-refractivity contribution is -0.139. The zero-order chi connectivity index (χ0) is 8.53. The molecule has 0 saturated heterocycles. The molecule has 0 rings (SSSR count). The molecule has 0 N–H and O–H groups in total. The summed E-state index contributed by atoms with van der Waals surface area (Å²) in [7, 11) is 1.55. The van der Waals surface area contributed by atoms with Gasteiger partial charge in [-0.3, -0.25) is 4.79 Å². The normalized spacial score (nSPS) is 12.5. The van der Waals surface area contributed by atoms with Crippen LogP contribution in [0.25, 0.3) is 0 Å². The number of methoxy groups -OCH3 is 1. The maximum Gasteiger partial charge on any atom is 0.293 e. The summed E-state index contributed by atoms with van der Waals surface area (Å²) in [4.78, 5) is 9.92. The average Bonchev–Trinajstić information content (AvgIpc) is 2.01. The maximum atomic E-state index is 9.92. The van der Waals surface area contributed by atoms with Crippen molar-refractivity contribution in [2.45, 2.75) is 13.0 Å². The van der Waals surface area contributed by atoms with E-state index in [1.165, 1.54) is 0 Å². The first-order valence-electron chi connectivity index (χ1n) is 3.50. The Morgan fingerprint density at radius 2 is 2.18 bits per heavy atom. The van der Waals surface area contributed by atoms with Crippen molar-refractivity contribution in [2.75, 3.05) is 26.9 Å². The summed E-state index contributed by atoms with van der Waals surface area (Å²) in [6.45, 7) is 3.66. The predicted molar refractivity (Wildman–Crippen MR) is 39.3 cm³/mol. The van der Waals surface area contributed by atoms with Gasteiger partial charge in [-0.15, -0.1) is 0 Å². The van der Waals surface area contributed by atoms with E-state index in [0.29, 0.717) is 26.3 Å². The van der Waals surface area contributed by atoms with Crippen molar-refractivity contribution in [1.29, 1.82) is 0 Å². The van der Waals surface area contributed by atoms with Gasteiger partial charge in [-0.05, 0) is 6.92 Å². The van der Waals surface area contributed by atoms with E-state index in [1.54, 1.807) is 7.11 Å². The minimum atomic E-state index is -0.280. The van der Waals surface area contributed by atoms with Crippen LogP contribution in [0.3, 0.4) is 0 Å². The highest BCUT2D eigenvalue weighted by Crippen LogP contribution is 1.91. The van der Waals surface area contributed by atoms with Crippen LogP contribution in [0.2, 0.25) is 0 Å². The van der Waals surface area contributed by atoms with Gasteiger partial charge in [0.25, 0.3) is 6.47 Å². The van der Waals surface area contributed by atoms with Gasteiger partial charge < -0.3 is 14.2 Å². The second-order valence-electron chi connectivity index (χ2n) is 1.97. The highest BCUT2D eigenvalue weighted by Gasteiger charge is 2.07. The lowest BCUT2D eigenvalue weighted by Crippen LogP contribution is -2.24. The molecule has 1 atom stereocenters. The van der Waals surface area contributed by atoms with Crippen molar-refractivity contribution in [1.82, 2.24) is 0 Å². The molecule has 0 bridgehead atoms. The Bertz CT molecular complexity index is 94.4. The smallest absolute Gasteiger partial charge is 0.293 e. The molecule has 1 unspecified atom stereocenters. The molecular formula is C7H14O4. The van der Waals surface area contributed by atoms with Gasteiger partial charge in [0.05, 0.1) is 13.2 Å². The van der Waals surface area contributed by atoms with Gasteiger partial charge in [0, 0.05) is 13.7 Å². The van der Waals surface area contributed by atoms with Crippen molar-refractivity contribution < 1.29 is 19.0 Å². The van der Waals surface area contributed by atoms with E-state index >= 15 is 0 Å². The van der Waals surface area contributed by atoms with Crippen LogP contribution >= 0.6 is 0 Å². The Morgan fingerprint density at radius 1 is 1.45 bits per heavy atom. The van der Waals surface area contributed by atoms with E-state index in [-0.39, 0.29) is 6.10 Å². The van der Waals surface area contributed by atoms with Crippen LogP contribution in [0, 0.1) is 0 Å². The molecule has 0 aromatic rings. The highest BCUT2D eigenvalue weighted by molar-refractivity contribution is 5.37. The summed E-state index contributed by atoms with van der Waals surface area (Å²) in [5, 5.41) is 0. The largest absolute Gasteiger partial charge is 0.460 e. The van der Waals surface area contributed by atoms with Gasteiger partial charge in [0.15, 0.2) is 0 Å². The number of ether oxygens (including phenoxy) is 3. The van der Waals surface area contributed by atoms with Crippen LogP contribution in [0.4, 0.5) is 0 Å². The molecule has 0 saturated carbocycles. The molecule has 11 heavy (non-hydrogen) atoms. The van der Waals surface area contributed by atoms with Crippen LogP contribution in [0.15, 0.2) is 0 Å². The second-order valence-corrected chi connectivity index (χ2v) is 1.97. The fourth-order valence-electron chi connectivity index (χ4n) is 0.640. The Labute approximate surface area is 66.4 Å². The molecule has 0 amide bonds. The van der Waals surface area contributed by atoms with Crippen molar-refractivity contribution in [3.05, 3.63) is 0 Å². The fourth-order valence-corrected chi connectivity index (χ4v) is 0.640. The molecule has 0 aromatic carbocycles. The number of carbonyl (C=O) groups is 1. The SMILES string of the molecule is CCOCC(COC)OC=O. The molecule has 0 fully saturated rings. The molecule has 0 aliphatic heterocycles. The zero-order valence-corrected chi connectivity index (χ0v) is 6.91. The first-order chi connectivity index (χ1) is 5.35. The molecule has 0 aromatic heterocycles. The number of hydrogen-bond donors (Lipinski definition) is 0. The van der Waals surface area contributed by atoms with Gasteiger partial charge in [-0.1, -0.05) is 0 Å². The minimum Gasteiger partial charge on any atom is -0.460 e. The van der Waals surface area contributed by atoms with Gasteiger partial charge in [0.1, 0.15) is 6.10 Å². The first-order valence-corrected chi connectivity index (χ1v) is 3.50. The zero-order valence-electron chi connectivity index (χ0n) is 6.91. The van der Waals surface area contributed by atoms with Gasteiger partial charge in [-0.2, -0.15) is 0 Å². The highest BCUT2D eigenvalue weighted by atomic mass is 16.6. The molecule has 0 spiro atoms. The van der Waals surface area contributed by atoms with Crippen molar-refractivity contribution >= 4 is 6.47 Å². The molecular weight excluding hydrogens is 148 g/mol. The van der Waals surface area contributed by atoms with E-state index in [4.69, 9.17) is 9.47 Å². The van der Waals surface area contributed by atoms with Crippen molar-refractivity contribution in [3.8, 4) is 0 Å².